The van der Waals surface area contributed by atoms with Gasteiger partial charge < -0.3 is 15.2 Å². The number of amides is 1. The molecular weight excluding hydrogens is 386 g/mol. The molecule has 0 aliphatic rings. The third-order valence-corrected chi connectivity index (χ3v) is 4.17. The number of halogens is 1. The standard InChI is InChI=1S/C19H20BrNO4/c1-12(2)9-10-25-17-8-7-13(11-15(17)20)18(22)21-16-6-4-3-5-14(16)19(23)24/h3-8,11-12H,9-10H2,1-2H3,(H,21,22)(H,23,24). The Labute approximate surface area is 155 Å². The molecule has 5 nitrogen and oxygen atoms in total. The molecule has 0 bridgehead atoms. The molecule has 1 amide bonds. The number of para-hydroxylation sites is 1. The summed E-state index contributed by atoms with van der Waals surface area (Å²) in [7, 11) is 0. The third kappa shape index (κ3) is 5.32. The Morgan fingerprint density at radius 3 is 2.56 bits per heavy atom. The molecular formula is C19H20BrNO4. The minimum absolute atomic E-state index is 0.0450. The van der Waals surface area contributed by atoms with Crippen molar-refractivity contribution in [2.45, 2.75) is 20.3 Å². The van der Waals surface area contributed by atoms with Crippen molar-refractivity contribution >= 4 is 33.5 Å². The van der Waals surface area contributed by atoms with Gasteiger partial charge in [-0.3, -0.25) is 4.79 Å². The van der Waals surface area contributed by atoms with E-state index in [1.165, 1.54) is 6.07 Å². The first-order chi connectivity index (χ1) is 11.9. The number of carbonyl (C=O) groups is 2. The summed E-state index contributed by atoms with van der Waals surface area (Å²) < 4.78 is 6.37. The fourth-order valence-corrected chi connectivity index (χ4v) is 2.63. The Balaban J connectivity index is 2.10. The molecule has 0 saturated heterocycles. The molecule has 0 radical (unpaired) electrons. The van der Waals surface area contributed by atoms with Gasteiger partial charge >= 0.3 is 5.97 Å². The van der Waals surface area contributed by atoms with Gasteiger partial charge in [-0.25, -0.2) is 4.79 Å². The molecule has 0 aromatic heterocycles. The summed E-state index contributed by atoms with van der Waals surface area (Å²) in [6, 6.07) is 11.3. The van der Waals surface area contributed by atoms with Gasteiger partial charge in [0.2, 0.25) is 0 Å². The summed E-state index contributed by atoms with van der Waals surface area (Å²) in [4.78, 5) is 23.6. The maximum Gasteiger partial charge on any atom is 0.337 e. The predicted octanol–water partition coefficient (Wildman–Crippen LogP) is 4.82. The minimum atomic E-state index is -1.09. The van der Waals surface area contributed by atoms with Crippen molar-refractivity contribution in [3.8, 4) is 5.75 Å². The molecule has 0 atom stereocenters. The van der Waals surface area contributed by atoms with Crippen LogP contribution in [0, 0.1) is 5.92 Å². The van der Waals surface area contributed by atoms with Crippen molar-refractivity contribution in [3.63, 3.8) is 0 Å². The lowest BCUT2D eigenvalue weighted by Crippen LogP contribution is -2.15. The highest BCUT2D eigenvalue weighted by Gasteiger charge is 2.14. The maximum atomic E-state index is 12.4. The first kappa shape index (κ1) is 19.0. The highest BCUT2D eigenvalue weighted by Crippen LogP contribution is 2.27. The number of benzene rings is 2. The van der Waals surface area contributed by atoms with Gasteiger partial charge in [0.1, 0.15) is 5.75 Å². The molecule has 2 rings (SSSR count). The van der Waals surface area contributed by atoms with Crippen LogP contribution in [0.25, 0.3) is 0 Å². The molecule has 0 saturated carbocycles. The van der Waals surface area contributed by atoms with E-state index in [1.54, 1.807) is 36.4 Å². The zero-order valence-electron chi connectivity index (χ0n) is 14.1. The molecule has 25 heavy (non-hydrogen) atoms. The second-order valence-electron chi connectivity index (χ2n) is 5.98. The normalized spacial score (nSPS) is 10.6. The molecule has 2 N–H and O–H groups in total. The fraction of sp³-hybridized carbons (Fsp3) is 0.263. The van der Waals surface area contributed by atoms with Crippen molar-refractivity contribution in [1.29, 1.82) is 0 Å². The number of carboxylic acids is 1. The Morgan fingerprint density at radius 1 is 1.20 bits per heavy atom. The highest BCUT2D eigenvalue weighted by molar-refractivity contribution is 9.10. The minimum Gasteiger partial charge on any atom is -0.492 e. The van der Waals surface area contributed by atoms with Gasteiger partial charge in [0.05, 0.1) is 22.3 Å². The molecule has 132 valence electrons. The second kappa shape index (κ2) is 8.67. The third-order valence-electron chi connectivity index (χ3n) is 3.55. The highest BCUT2D eigenvalue weighted by atomic mass is 79.9. The van der Waals surface area contributed by atoms with E-state index in [1.807, 2.05) is 0 Å². The monoisotopic (exact) mass is 405 g/mol. The Bertz CT molecular complexity index is 774. The van der Waals surface area contributed by atoms with E-state index in [-0.39, 0.29) is 17.2 Å². The van der Waals surface area contributed by atoms with Crippen LogP contribution in [0.5, 0.6) is 5.75 Å². The number of hydrogen-bond donors (Lipinski definition) is 2. The van der Waals surface area contributed by atoms with E-state index in [4.69, 9.17) is 4.74 Å². The Morgan fingerprint density at radius 2 is 1.92 bits per heavy atom. The van der Waals surface area contributed by atoms with Crippen molar-refractivity contribution < 1.29 is 19.4 Å². The van der Waals surface area contributed by atoms with Crippen LogP contribution in [0.4, 0.5) is 5.69 Å². The first-order valence-corrected chi connectivity index (χ1v) is 8.73. The number of carboxylic acid groups (broad SMARTS) is 1. The topological polar surface area (TPSA) is 75.6 Å². The van der Waals surface area contributed by atoms with Crippen molar-refractivity contribution in [3.05, 3.63) is 58.1 Å². The van der Waals surface area contributed by atoms with E-state index in [2.05, 4.69) is 35.1 Å². The number of ether oxygens (including phenoxy) is 1. The van der Waals surface area contributed by atoms with Crippen LogP contribution in [0.3, 0.4) is 0 Å². The number of aromatic carboxylic acids is 1. The number of hydrogen-bond acceptors (Lipinski definition) is 3. The molecule has 6 heteroatoms. The lowest BCUT2D eigenvalue weighted by molar-refractivity contribution is 0.0698. The van der Waals surface area contributed by atoms with Crippen LogP contribution in [0.15, 0.2) is 46.9 Å². The summed E-state index contributed by atoms with van der Waals surface area (Å²) in [5.41, 5.74) is 0.709. The molecule has 0 spiro atoms. The number of carbonyl (C=O) groups excluding carboxylic acids is 1. The van der Waals surface area contributed by atoms with Crippen LogP contribution in [0.1, 0.15) is 41.0 Å². The lowest BCUT2D eigenvalue weighted by atomic mass is 10.1. The van der Waals surface area contributed by atoms with Gasteiger partial charge in [-0.2, -0.15) is 0 Å². The van der Waals surface area contributed by atoms with Crippen LogP contribution in [-0.4, -0.2) is 23.6 Å². The van der Waals surface area contributed by atoms with Gasteiger partial charge in [-0.15, -0.1) is 0 Å². The molecule has 0 heterocycles. The molecule has 0 aliphatic carbocycles. The van der Waals surface area contributed by atoms with E-state index < -0.39 is 5.97 Å². The summed E-state index contributed by atoms with van der Waals surface area (Å²) in [5, 5.41) is 11.8. The number of anilines is 1. The first-order valence-electron chi connectivity index (χ1n) is 7.94. The fourth-order valence-electron chi connectivity index (χ4n) is 2.14. The number of rotatable bonds is 7. The van der Waals surface area contributed by atoms with Gasteiger partial charge in [0.15, 0.2) is 0 Å². The van der Waals surface area contributed by atoms with E-state index in [0.29, 0.717) is 28.3 Å². The largest absolute Gasteiger partial charge is 0.492 e. The molecule has 2 aromatic carbocycles. The zero-order chi connectivity index (χ0) is 18.4. The van der Waals surface area contributed by atoms with E-state index in [0.717, 1.165) is 6.42 Å². The van der Waals surface area contributed by atoms with Crippen molar-refractivity contribution in [2.24, 2.45) is 5.92 Å². The number of nitrogens with one attached hydrogen (secondary N) is 1. The average molecular weight is 406 g/mol. The Kier molecular flexibility index (Phi) is 6.58. The van der Waals surface area contributed by atoms with Crippen LogP contribution < -0.4 is 10.1 Å². The van der Waals surface area contributed by atoms with Crippen molar-refractivity contribution in [1.82, 2.24) is 0 Å². The summed E-state index contributed by atoms with van der Waals surface area (Å²) in [6.07, 6.45) is 0.945. The second-order valence-corrected chi connectivity index (χ2v) is 6.84. The molecule has 2 aromatic rings. The van der Waals surface area contributed by atoms with Gasteiger partial charge in [-0.1, -0.05) is 26.0 Å². The van der Waals surface area contributed by atoms with Crippen molar-refractivity contribution in [2.75, 3.05) is 11.9 Å². The lowest BCUT2D eigenvalue weighted by Gasteiger charge is -2.12. The Hall–Kier alpha value is -2.34. The van der Waals surface area contributed by atoms with Crippen LogP contribution >= 0.6 is 15.9 Å². The van der Waals surface area contributed by atoms with Gasteiger partial charge in [-0.05, 0) is 58.6 Å². The average Bonchev–Trinajstić information content (AvgIpc) is 2.56. The van der Waals surface area contributed by atoms with Gasteiger partial charge in [0.25, 0.3) is 5.91 Å². The SMILES string of the molecule is CC(C)CCOc1ccc(C(=O)Nc2ccccc2C(=O)O)cc1Br. The summed E-state index contributed by atoms with van der Waals surface area (Å²) >= 11 is 3.41. The van der Waals surface area contributed by atoms with E-state index >= 15 is 0 Å². The van der Waals surface area contributed by atoms with E-state index in [9.17, 15) is 14.7 Å². The molecule has 0 aliphatic heterocycles. The molecule has 0 fully saturated rings. The maximum absolute atomic E-state index is 12.4. The van der Waals surface area contributed by atoms with Gasteiger partial charge in [0, 0.05) is 5.56 Å². The predicted molar refractivity (Wildman–Crippen MR) is 100 cm³/mol. The summed E-state index contributed by atoms with van der Waals surface area (Å²) in [5.74, 6) is -0.254. The summed E-state index contributed by atoms with van der Waals surface area (Å²) in [6.45, 7) is 4.86. The zero-order valence-corrected chi connectivity index (χ0v) is 15.7. The van der Waals surface area contributed by atoms with Crippen LogP contribution in [-0.2, 0) is 0 Å². The smallest absolute Gasteiger partial charge is 0.337 e. The molecule has 0 unspecified atom stereocenters. The van der Waals surface area contributed by atoms with Crippen LogP contribution in [0.2, 0.25) is 0 Å². The quantitative estimate of drug-likeness (QED) is 0.691.